The Morgan fingerprint density at radius 3 is 2.36 bits per heavy atom. The van der Waals surface area contributed by atoms with Crippen molar-refractivity contribution in [2.75, 3.05) is 6.67 Å². The van der Waals surface area contributed by atoms with Gasteiger partial charge in [0.2, 0.25) is 0 Å². The molecule has 1 rings (SSSR count). The fourth-order valence-electron chi connectivity index (χ4n) is 1.19. The first-order valence-electron chi connectivity index (χ1n) is 4.46. The largest absolute Gasteiger partial charge is 0.295 e. The summed E-state index contributed by atoms with van der Waals surface area (Å²) in [4.78, 5) is 10.9. The molecule has 0 heterocycles. The van der Waals surface area contributed by atoms with Gasteiger partial charge in [0.15, 0.2) is 5.78 Å². The molecule has 3 heteroatoms. The van der Waals surface area contributed by atoms with Gasteiger partial charge in [0.1, 0.15) is 6.17 Å². The highest BCUT2D eigenvalue weighted by molar-refractivity contribution is 5.94. The van der Waals surface area contributed by atoms with Crippen molar-refractivity contribution in [1.29, 1.82) is 0 Å². The molecule has 0 N–H and O–H groups in total. The van der Waals surface area contributed by atoms with Crippen molar-refractivity contribution >= 4 is 5.78 Å². The van der Waals surface area contributed by atoms with Crippen LogP contribution in [0.4, 0.5) is 8.78 Å². The Kier molecular flexibility index (Phi) is 3.74. The SMILES string of the molecule is CC(=O)c1ccc(C(F)CCF)cc1. The number of halogens is 2. The zero-order chi connectivity index (χ0) is 10.6. The van der Waals surface area contributed by atoms with Crippen LogP contribution < -0.4 is 0 Å². The molecular formula is C11H12F2O. The maximum absolute atomic E-state index is 13.1. The average molecular weight is 198 g/mol. The minimum atomic E-state index is -1.28. The summed E-state index contributed by atoms with van der Waals surface area (Å²) in [6.07, 6.45) is -1.40. The second kappa shape index (κ2) is 4.84. The van der Waals surface area contributed by atoms with Crippen LogP contribution in [0.2, 0.25) is 0 Å². The minimum Gasteiger partial charge on any atom is -0.295 e. The van der Waals surface area contributed by atoms with Gasteiger partial charge in [-0.15, -0.1) is 0 Å². The van der Waals surface area contributed by atoms with E-state index in [0.717, 1.165) is 0 Å². The Bertz CT molecular complexity index is 306. The van der Waals surface area contributed by atoms with Crippen LogP contribution >= 0.6 is 0 Å². The minimum absolute atomic E-state index is 0.0579. The fourth-order valence-corrected chi connectivity index (χ4v) is 1.19. The first-order chi connectivity index (χ1) is 6.65. The van der Waals surface area contributed by atoms with Gasteiger partial charge in [-0.05, 0) is 12.5 Å². The van der Waals surface area contributed by atoms with Gasteiger partial charge in [0.25, 0.3) is 0 Å². The quantitative estimate of drug-likeness (QED) is 0.678. The summed E-state index contributed by atoms with van der Waals surface area (Å²) in [5.74, 6) is -0.0579. The number of Topliss-reactive ketones (excluding diaryl/α,β-unsaturated/α-hetero) is 1. The van der Waals surface area contributed by atoms with Gasteiger partial charge in [-0.2, -0.15) is 0 Å². The Morgan fingerprint density at radius 2 is 1.93 bits per heavy atom. The van der Waals surface area contributed by atoms with Crippen LogP contribution in [0.15, 0.2) is 24.3 Å². The van der Waals surface area contributed by atoms with Crippen LogP contribution in [-0.4, -0.2) is 12.5 Å². The van der Waals surface area contributed by atoms with Gasteiger partial charge < -0.3 is 0 Å². The van der Waals surface area contributed by atoms with E-state index in [1.165, 1.54) is 19.1 Å². The van der Waals surface area contributed by atoms with Crippen molar-refractivity contribution in [1.82, 2.24) is 0 Å². The summed E-state index contributed by atoms with van der Waals surface area (Å²) in [5.41, 5.74) is 0.967. The van der Waals surface area contributed by atoms with Gasteiger partial charge >= 0.3 is 0 Å². The molecule has 0 fully saturated rings. The van der Waals surface area contributed by atoms with Crippen LogP contribution in [0.5, 0.6) is 0 Å². The molecule has 0 aliphatic heterocycles. The lowest BCUT2D eigenvalue weighted by molar-refractivity contribution is 0.101. The lowest BCUT2D eigenvalue weighted by Gasteiger charge is -2.06. The van der Waals surface area contributed by atoms with Crippen molar-refractivity contribution < 1.29 is 13.6 Å². The van der Waals surface area contributed by atoms with Crippen molar-refractivity contribution in [2.24, 2.45) is 0 Å². The van der Waals surface area contributed by atoms with E-state index in [0.29, 0.717) is 11.1 Å². The van der Waals surface area contributed by atoms with Crippen LogP contribution in [-0.2, 0) is 0 Å². The third kappa shape index (κ3) is 2.62. The molecule has 14 heavy (non-hydrogen) atoms. The molecule has 0 radical (unpaired) electrons. The Balaban J connectivity index is 2.77. The zero-order valence-electron chi connectivity index (χ0n) is 7.97. The Labute approximate surface area is 81.7 Å². The molecule has 1 nitrogen and oxygen atoms in total. The van der Waals surface area contributed by atoms with Gasteiger partial charge in [-0.25, -0.2) is 4.39 Å². The van der Waals surface area contributed by atoms with Crippen molar-refractivity contribution in [2.45, 2.75) is 19.5 Å². The lowest BCUT2D eigenvalue weighted by Crippen LogP contribution is -1.96. The number of benzene rings is 1. The zero-order valence-corrected chi connectivity index (χ0v) is 7.97. The third-order valence-electron chi connectivity index (χ3n) is 2.04. The topological polar surface area (TPSA) is 17.1 Å². The summed E-state index contributed by atoms with van der Waals surface area (Å²) >= 11 is 0. The molecule has 1 aromatic carbocycles. The normalized spacial score (nSPS) is 12.5. The smallest absolute Gasteiger partial charge is 0.159 e. The molecule has 0 aliphatic rings. The summed E-state index contributed by atoms with van der Waals surface area (Å²) < 4.78 is 25.0. The molecule has 0 amide bonds. The second-order valence-electron chi connectivity index (χ2n) is 3.12. The summed E-state index contributed by atoms with van der Waals surface area (Å²) in [5, 5.41) is 0. The van der Waals surface area contributed by atoms with Crippen LogP contribution in [0.25, 0.3) is 0 Å². The highest BCUT2D eigenvalue weighted by Gasteiger charge is 2.09. The van der Waals surface area contributed by atoms with Gasteiger partial charge in [0, 0.05) is 12.0 Å². The van der Waals surface area contributed by atoms with E-state index in [-0.39, 0.29) is 12.2 Å². The number of carbonyl (C=O) groups is 1. The van der Waals surface area contributed by atoms with Crippen molar-refractivity contribution in [3.05, 3.63) is 35.4 Å². The molecule has 1 atom stereocenters. The number of alkyl halides is 2. The predicted molar refractivity (Wildman–Crippen MR) is 50.9 cm³/mol. The lowest BCUT2D eigenvalue weighted by atomic mass is 10.0. The van der Waals surface area contributed by atoms with Crippen LogP contribution in [0.1, 0.15) is 35.4 Å². The van der Waals surface area contributed by atoms with E-state index in [4.69, 9.17) is 0 Å². The molecule has 0 saturated carbocycles. The molecule has 0 spiro atoms. The van der Waals surface area contributed by atoms with Gasteiger partial charge in [0.05, 0.1) is 6.67 Å². The summed E-state index contributed by atoms with van der Waals surface area (Å²) in [7, 11) is 0. The third-order valence-corrected chi connectivity index (χ3v) is 2.04. The Morgan fingerprint density at radius 1 is 1.36 bits per heavy atom. The van der Waals surface area contributed by atoms with E-state index in [9.17, 15) is 13.6 Å². The first-order valence-corrected chi connectivity index (χ1v) is 4.46. The van der Waals surface area contributed by atoms with E-state index in [1.807, 2.05) is 0 Å². The number of rotatable bonds is 4. The van der Waals surface area contributed by atoms with Gasteiger partial charge in [-0.1, -0.05) is 24.3 Å². The molecule has 0 aromatic heterocycles. The monoisotopic (exact) mass is 198 g/mol. The van der Waals surface area contributed by atoms with E-state index in [2.05, 4.69) is 0 Å². The standard InChI is InChI=1S/C11H12F2O/c1-8(14)9-2-4-10(5-3-9)11(13)6-7-12/h2-5,11H,6-7H2,1H3. The molecule has 0 aliphatic carbocycles. The predicted octanol–water partition coefficient (Wildman–Crippen LogP) is 3.26. The number of ketones is 1. The molecule has 0 bridgehead atoms. The Hall–Kier alpha value is -1.25. The number of carbonyl (C=O) groups excluding carboxylic acids is 1. The fraction of sp³-hybridized carbons (Fsp3) is 0.364. The maximum atomic E-state index is 13.1. The number of hydrogen-bond donors (Lipinski definition) is 0. The molecule has 1 unspecified atom stereocenters. The maximum Gasteiger partial charge on any atom is 0.159 e. The van der Waals surface area contributed by atoms with Crippen molar-refractivity contribution in [3.63, 3.8) is 0 Å². The highest BCUT2D eigenvalue weighted by atomic mass is 19.1. The van der Waals surface area contributed by atoms with Crippen molar-refractivity contribution in [3.8, 4) is 0 Å². The number of hydrogen-bond acceptors (Lipinski definition) is 1. The molecule has 0 saturated heterocycles. The summed E-state index contributed by atoms with van der Waals surface area (Å²) in [6.45, 7) is 0.777. The highest BCUT2D eigenvalue weighted by Crippen LogP contribution is 2.21. The molecule has 1 aromatic rings. The second-order valence-corrected chi connectivity index (χ2v) is 3.12. The molecule has 76 valence electrons. The average Bonchev–Trinajstić information content (AvgIpc) is 2.18. The van der Waals surface area contributed by atoms with Crippen LogP contribution in [0.3, 0.4) is 0 Å². The summed E-state index contributed by atoms with van der Waals surface area (Å²) in [6, 6.07) is 6.17. The van der Waals surface area contributed by atoms with E-state index >= 15 is 0 Å². The van der Waals surface area contributed by atoms with E-state index in [1.54, 1.807) is 12.1 Å². The van der Waals surface area contributed by atoms with Crippen LogP contribution in [0, 0.1) is 0 Å². The first kappa shape index (κ1) is 10.8. The van der Waals surface area contributed by atoms with E-state index < -0.39 is 12.8 Å². The van der Waals surface area contributed by atoms with Gasteiger partial charge in [-0.3, -0.25) is 9.18 Å². The molecular weight excluding hydrogens is 186 g/mol.